The van der Waals surface area contributed by atoms with E-state index in [1.807, 2.05) is 18.4 Å². The number of ether oxygens (including phenoxy) is 1. The summed E-state index contributed by atoms with van der Waals surface area (Å²) in [7, 11) is 1.39. The molecule has 0 atom stereocenters. The van der Waals surface area contributed by atoms with Crippen molar-refractivity contribution in [1.82, 2.24) is 0 Å². The number of hydrogen-bond acceptors (Lipinski definition) is 4. The van der Waals surface area contributed by atoms with Crippen molar-refractivity contribution < 1.29 is 9.53 Å². The van der Waals surface area contributed by atoms with E-state index >= 15 is 0 Å². The quantitative estimate of drug-likeness (QED) is 0.732. The first-order chi connectivity index (χ1) is 5.79. The van der Waals surface area contributed by atoms with E-state index in [1.165, 1.54) is 18.4 Å². The van der Waals surface area contributed by atoms with Crippen LogP contribution < -0.4 is 5.32 Å². The van der Waals surface area contributed by atoms with Crippen LogP contribution in [0.1, 0.15) is 16.6 Å². The largest absolute Gasteiger partial charge is 0.465 e. The molecule has 0 unspecified atom stereocenters. The van der Waals surface area contributed by atoms with Crippen molar-refractivity contribution in [1.29, 1.82) is 0 Å². The number of anilines is 1. The lowest BCUT2D eigenvalue weighted by Gasteiger charge is -2.02. The van der Waals surface area contributed by atoms with Gasteiger partial charge >= 0.3 is 5.97 Å². The van der Waals surface area contributed by atoms with Crippen LogP contribution in [0.15, 0.2) is 11.4 Å². The lowest BCUT2D eigenvalue weighted by molar-refractivity contribution is 0.0607. The number of carbonyl (C=O) groups excluding carboxylic acids is 1. The van der Waals surface area contributed by atoms with E-state index in [9.17, 15) is 4.79 Å². The van der Waals surface area contributed by atoms with E-state index in [2.05, 4.69) is 10.1 Å². The van der Waals surface area contributed by atoms with Gasteiger partial charge in [0.1, 0.15) is 4.88 Å². The predicted octanol–water partition coefficient (Wildman–Crippen LogP) is 1.97. The van der Waals surface area contributed by atoms with Gasteiger partial charge in [0.2, 0.25) is 0 Å². The molecule has 0 spiro atoms. The highest BCUT2D eigenvalue weighted by atomic mass is 32.1. The molecule has 4 heteroatoms. The minimum absolute atomic E-state index is 0.277. The van der Waals surface area contributed by atoms with Crippen molar-refractivity contribution in [2.24, 2.45) is 0 Å². The lowest BCUT2D eigenvalue weighted by atomic mass is 10.4. The highest BCUT2D eigenvalue weighted by Crippen LogP contribution is 2.22. The van der Waals surface area contributed by atoms with Crippen molar-refractivity contribution in [3.63, 3.8) is 0 Å². The van der Waals surface area contributed by atoms with Crippen LogP contribution in [0, 0.1) is 0 Å². The van der Waals surface area contributed by atoms with Crippen LogP contribution in [0.2, 0.25) is 0 Å². The third kappa shape index (κ3) is 1.76. The zero-order valence-corrected chi connectivity index (χ0v) is 7.90. The van der Waals surface area contributed by atoms with Crippen LogP contribution >= 0.6 is 11.3 Å². The number of carbonyl (C=O) groups is 1. The maximum Gasteiger partial charge on any atom is 0.350 e. The summed E-state index contributed by atoms with van der Waals surface area (Å²) < 4.78 is 4.61. The molecule has 0 aliphatic heterocycles. The van der Waals surface area contributed by atoms with Crippen LogP contribution in [-0.2, 0) is 4.74 Å². The average molecular weight is 185 g/mol. The smallest absolute Gasteiger partial charge is 0.350 e. The van der Waals surface area contributed by atoms with E-state index in [1.54, 1.807) is 0 Å². The number of thiophene rings is 1. The van der Waals surface area contributed by atoms with E-state index in [0.717, 1.165) is 12.2 Å². The Bertz CT molecular complexity index is 270. The van der Waals surface area contributed by atoms with Crippen LogP contribution in [0.4, 0.5) is 5.69 Å². The number of hydrogen-bond donors (Lipinski definition) is 1. The van der Waals surface area contributed by atoms with Crippen LogP contribution in [0.25, 0.3) is 0 Å². The van der Waals surface area contributed by atoms with Gasteiger partial charge in [0.15, 0.2) is 0 Å². The molecule has 0 aromatic carbocycles. The number of esters is 1. The minimum Gasteiger partial charge on any atom is -0.465 e. The molecule has 0 saturated carbocycles. The fourth-order valence-electron chi connectivity index (χ4n) is 0.890. The van der Waals surface area contributed by atoms with Crippen molar-refractivity contribution in [2.75, 3.05) is 19.0 Å². The minimum atomic E-state index is -0.277. The Labute approximate surface area is 75.4 Å². The Morgan fingerprint density at radius 3 is 3.08 bits per heavy atom. The summed E-state index contributed by atoms with van der Waals surface area (Å²) in [6, 6.07) is 1.88. The van der Waals surface area contributed by atoms with Gasteiger partial charge in [0, 0.05) is 6.54 Å². The van der Waals surface area contributed by atoms with E-state index in [4.69, 9.17) is 0 Å². The van der Waals surface area contributed by atoms with Gasteiger partial charge in [-0.1, -0.05) is 0 Å². The molecule has 0 fully saturated rings. The topological polar surface area (TPSA) is 38.3 Å². The molecule has 1 heterocycles. The Balaban J connectivity index is 2.83. The van der Waals surface area contributed by atoms with Gasteiger partial charge in [0.05, 0.1) is 12.8 Å². The van der Waals surface area contributed by atoms with Gasteiger partial charge < -0.3 is 10.1 Å². The molecular formula is C8H11NO2S. The zero-order valence-electron chi connectivity index (χ0n) is 7.09. The molecule has 0 bridgehead atoms. The average Bonchev–Trinajstić information content (AvgIpc) is 2.52. The molecule has 1 N–H and O–H groups in total. The summed E-state index contributed by atoms with van der Waals surface area (Å²) >= 11 is 1.39. The van der Waals surface area contributed by atoms with Gasteiger partial charge in [-0.15, -0.1) is 11.3 Å². The normalized spacial score (nSPS) is 9.50. The number of nitrogens with one attached hydrogen (secondary N) is 1. The van der Waals surface area contributed by atoms with Gasteiger partial charge in [0.25, 0.3) is 0 Å². The summed E-state index contributed by atoms with van der Waals surface area (Å²) in [6.07, 6.45) is 0. The Hall–Kier alpha value is -1.03. The highest BCUT2D eigenvalue weighted by Gasteiger charge is 2.11. The molecule has 12 heavy (non-hydrogen) atoms. The van der Waals surface area contributed by atoms with Crippen molar-refractivity contribution in [2.45, 2.75) is 6.92 Å². The van der Waals surface area contributed by atoms with Crippen molar-refractivity contribution in [3.8, 4) is 0 Å². The molecule has 0 saturated heterocycles. The SMILES string of the molecule is CCNc1ccsc1C(=O)OC. The molecule has 0 aliphatic rings. The summed E-state index contributed by atoms with van der Waals surface area (Å²) in [5, 5.41) is 4.95. The Morgan fingerprint density at radius 1 is 1.75 bits per heavy atom. The van der Waals surface area contributed by atoms with Gasteiger partial charge in [-0.2, -0.15) is 0 Å². The summed E-state index contributed by atoms with van der Waals surface area (Å²) in [5.41, 5.74) is 0.856. The van der Waals surface area contributed by atoms with Gasteiger partial charge in [-0.05, 0) is 18.4 Å². The summed E-state index contributed by atoms with van der Waals surface area (Å²) in [5.74, 6) is -0.277. The molecule has 1 rings (SSSR count). The van der Waals surface area contributed by atoms with Gasteiger partial charge in [-0.3, -0.25) is 0 Å². The molecule has 3 nitrogen and oxygen atoms in total. The molecular weight excluding hydrogens is 174 g/mol. The van der Waals surface area contributed by atoms with Crippen molar-refractivity contribution in [3.05, 3.63) is 16.3 Å². The van der Waals surface area contributed by atoms with E-state index in [-0.39, 0.29) is 5.97 Å². The summed E-state index contributed by atoms with van der Waals surface area (Å²) in [4.78, 5) is 11.8. The Morgan fingerprint density at radius 2 is 2.50 bits per heavy atom. The standard InChI is InChI=1S/C8H11NO2S/c1-3-9-6-4-5-12-7(6)8(10)11-2/h4-5,9H,3H2,1-2H3. The zero-order chi connectivity index (χ0) is 8.97. The van der Waals surface area contributed by atoms with Crippen molar-refractivity contribution >= 4 is 23.0 Å². The van der Waals surface area contributed by atoms with Crippen LogP contribution in [0.3, 0.4) is 0 Å². The second kappa shape index (κ2) is 4.11. The second-order valence-corrected chi connectivity index (χ2v) is 3.10. The molecule has 1 aromatic rings. The van der Waals surface area contributed by atoms with E-state index < -0.39 is 0 Å². The van der Waals surface area contributed by atoms with E-state index in [0.29, 0.717) is 4.88 Å². The third-order valence-electron chi connectivity index (χ3n) is 1.40. The number of rotatable bonds is 3. The third-order valence-corrected chi connectivity index (χ3v) is 2.30. The first-order valence-corrected chi connectivity index (χ1v) is 4.57. The highest BCUT2D eigenvalue weighted by molar-refractivity contribution is 7.12. The van der Waals surface area contributed by atoms with Gasteiger partial charge in [-0.25, -0.2) is 4.79 Å². The maximum atomic E-state index is 11.1. The van der Waals surface area contributed by atoms with Crippen LogP contribution in [-0.4, -0.2) is 19.6 Å². The Kier molecular flexibility index (Phi) is 3.10. The molecule has 0 radical (unpaired) electrons. The van der Waals surface area contributed by atoms with Crippen LogP contribution in [0.5, 0.6) is 0 Å². The molecule has 0 aliphatic carbocycles. The number of methoxy groups -OCH3 is 1. The second-order valence-electron chi connectivity index (χ2n) is 2.19. The first-order valence-electron chi connectivity index (χ1n) is 3.69. The maximum absolute atomic E-state index is 11.1. The fourth-order valence-corrected chi connectivity index (χ4v) is 1.68. The predicted molar refractivity (Wildman–Crippen MR) is 49.8 cm³/mol. The summed E-state index contributed by atoms with van der Waals surface area (Å²) in [6.45, 7) is 2.79. The molecule has 1 aromatic heterocycles. The lowest BCUT2D eigenvalue weighted by Crippen LogP contribution is -2.04. The molecule has 0 amide bonds. The fraction of sp³-hybridized carbons (Fsp3) is 0.375. The monoisotopic (exact) mass is 185 g/mol. The first kappa shape index (κ1) is 9.06. The molecule has 66 valence electrons.